The lowest BCUT2D eigenvalue weighted by Crippen LogP contribution is -2.26. The lowest BCUT2D eigenvalue weighted by molar-refractivity contribution is -0.121. The molecule has 0 spiro atoms. The van der Waals surface area contributed by atoms with Crippen LogP contribution in [0.15, 0.2) is 29.4 Å². The van der Waals surface area contributed by atoms with Crippen molar-refractivity contribution in [3.8, 4) is 5.75 Å². The van der Waals surface area contributed by atoms with Gasteiger partial charge in [-0.3, -0.25) is 4.79 Å². The Bertz CT molecular complexity index is 775. The van der Waals surface area contributed by atoms with Gasteiger partial charge in [0, 0.05) is 38.8 Å². The molecule has 1 aliphatic rings. The standard InChI is InChI=1S/C20H28N4O3S/c1-24-18(22-23-20(24)28-14-16-7-5-13-27-16)11-12-21-19(25)10-9-15-6-3-4-8-17(15)26-2/h3-4,6,8,16H,5,7,9-14H2,1-2H3,(H,21,25)/t16-/m0/s1. The maximum Gasteiger partial charge on any atom is 0.220 e. The smallest absolute Gasteiger partial charge is 0.220 e. The first-order valence-corrected chi connectivity index (χ1v) is 10.7. The normalized spacial score (nSPS) is 16.3. The van der Waals surface area contributed by atoms with Crippen LogP contribution < -0.4 is 10.1 Å². The number of amides is 1. The summed E-state index contributed by atoms with van der Waals surface area (Å²) in [4.78, 5) is 12.1. The van der Waals surface area contributed by atoms with E-state index < -0.39 is 0 Å². The summed E-state index contributed by atoms with van der Waals surface area (Å²) in [5, 5.41) is 12.4. The summed E-state index contributed by atoms with van der Waals surface area (Å²) in [6.45, 7) is 1.42. The van der Waals surface area contributed by atoms with Crippen LogP contribution in [0.3, 0.4) is 0 Å². The molecule has 1 saturated heterocycles. The van der Waals surface area contributed by atoms with Crippen molar-refractivity contribution in [3.05, 3.63) is 35.7 Å². The van der Waals surface area contributed by atoms with E-state index in [9.17, 15) is 4.79 Å². The first-order chi connectivity index (χ1) is 13.7. The Labute approximate surface area is 170 Å². The summed E-state index contributed by atoms with van der Waals surface area (Å²) in [5.41, 5.74) is 1.04. The van der Waals surface area contributed by atoms with Crippen molar-refractivity contribution >= 4 is 17.7 Å². The van der Waals surface area contributed by atoms with Crippen LogP contribution in [0.2, 0.25) is 0 Å². The quantitative estimate of drug-likeness (QED) is 0.613. The lowest BCUT2D eigenvalue weighted by atomic mass is 10.1. The van der Waals surface area contributed by atoms with E-state index in [1.54, 1.807) is 18.9 Å². The van der Waals surface area contributed by atoms with Crippen LogP contribution in [0.25, 0.3) is 0 Å². The third-order valence-electron chi connectivity index (χ3n) is 4.83. The van der Waals surface area contributed by atoms with Gasteiger partial charge in [-0.25, -0.2) is 0 Å². The fourth-order valence-corrected chi connectivity index (χ4v) is 4.19. The Morgan fingerprint density at radius 2 is 2.21 bits per heavy atom. The topological polar surface area (TPSA) is 78.3 Å². The van der Waals surface area contributed by atoms with E-state index >= 15 is 0 Å². The molecule has 2 heterocycles. The van der Waals surface area contributed by atoms with Gasteiger partial charge in [0.05, 0.1) is 13.2 Å². The Morgan fingerprint density at radius 1 is 1.36 bits per heavy atom. The molecule has 1 atom stereocenters. The van der Waals surface area contributed by atoms with E-state index in [-0.39, 0.29) is 5.91 Å². The van der Waals surface area contributed by atoms with Gasteiger partial charge in [0.2, 0.25) is 5.91 Å². The number of ether oxygens (including phenoxy) is 2. The number of carbonyl (C=O) groups is 1. The Morgan fingerprint density at radius 3 is 3.00 bits per heavy atom. The van der Waals surface area contributed by atoms with Crippen LogP contribution in [-0.2, 0) is 29.4 Å². The molecule has 152 valence electrons. The van der Waals surface area contributed by atoms with Gasteiger partial charge < -0.3 is 19.4 Å². The monoisotopic (exact) mass is 404 g/mol. The van der Waals surface area contributed by atoms with Gasteiger partial charge in [-0.05, 0) is 30.9 Å². The molecule has 0 saturated carbocycles. The fourth-order valence-electron chi connectivity index (χ4n) is 3.19. The molecule has 2 aromatic rings. The molecule has 1 amide bonds. The zero-order valence-electron chi connectivity index (χ0n) is 16.5. The van der Waals surface area contributed by atoms with Crippen molar-refractivity contribution in [2.75, 3.05) is 26.0 Å². The number of hydrogen-bond acceptors (Lipinski definition) is 6. The van der Waals surface area contributed by atoms with Crippen molar-refractivity contribution in [1.29, 1.82) is 0 Å². The minimum atomic E-state index is 0.0288. The first kappa shape index (κ1) is 20.7. The minimum absolute atomic E-state index is 0.0288. The van der Waals surface area contributed by atoms with E-state index in [0.717, 1.165) is 47.5 Å². The molecule has 0 unspecified atom stereocenters. The van der Waals surface area contributed by atoms with Crippen molar-refractivity contribution in [2.24, 2.45) is 7.05 Å². The predicted molar refractivity (Wildman–Crippen MR) is 109 cm³/mol. The lowest BCUT2D eigenvalue weighted by Gasteiger charge is -2.09. The fraction of sp³-hybridized carbons (Fsp3) is 0.550. The van der Waals surface area contributed by atoms with Crippen LogP contribution in [-0.4, -0.2) is 52.8 Å². The summed E-state index contributed by atoms with van der Waals surface area (Å²) in [6, 6.07) is 7.78. The number of thioether (sulfide) groups is 1. The first-order valence-electron chi connectivity index (χ1n) is 9.68. The van der Waals surface area contributed by atoms with Crippen molar-refractivity contribution in [3.63, 3.8) is 0 Å². The molecule has 1 aromatic heterocycles. The minimum Gasteiger partial charge on any atom is -0.496 e. The van der Waals surface area contributed by atoms with Gasteiger partial charge in [-0.2, -0.15) is 0 Å². The zero-order valence-corrected chi connectivity index (χ0v) is 17.3. The zero-order chi connectivity index (χ0) is 19.8. The maximum absolute atomic E-state index is 12.1. The second kappa shape index (κ2) is 10.5. The summed E-state index contributed by atoms with van der Waals surface area (Å²) >= 11 is 1.68. The average Bonchev–Trinajstić information content (AvgIpc) is 3.35. The van der Waals surface area contributed by atoms with Gasteiger partial charge in [0.1, 0.15) is 11.6 Å². The number of hydrogen-bond donors (Lipinski definition) is 1. The van der Waals surface area contributed by atoms with E-state index in [4.69, 9.17) is 9.47 Å². The highest BCUT2D eigenvalue weighted by atomic mass is 32.2. The number of nitrogens with one attached hydrogen (secondary N) is 1. The van der Waals surface area contributed by atoms with Crippen LogP contribution in [0.1, 0.15) is 30.7 Å². The molecule has 7 nitrogen and oxygen atoms in total. The Kier molecular flexibility index (Phi) is 7.73. The van der Waals surface area contributed by atoms with Gasteiger partial charge in [-0.15, -0.1) is 10.2 Å². The predicted octanol–water partition coefficient (Wildman–Crippen LogP) is 2.39. The molecule has 1 aliphatic heterocycles. The summed E-state index contributed by atoms with van der Waals surface area (Å²) in [5.74, 6) is 2.63. The average molecular weight is 405 g/mol. The molecule has 0 radical (unpaired) electrons. The molecule has 0 bridgehead atoms. The van der Waals surface area contributed by atoms with Gasteiger partial charge >= 0.3 is 0 Å². The summed E-state index contributed by atoms with van der Waals surface area (Å²) < 4.78 is 13.0. The number of rotatable bonds is 10. The molecular weight excluding hydrogens is 376 g/mol. The van der Waals surface area contributed by atoms with Gasteiger partial charge in [0.25, 0.3) is 0 Å². The van der Waals surface area contributed by atoms with Crippen LogP contribution in [0, 0.1) is 0 Å². The molecule has 8 heteroatoms. The van der Waals surface area contributed by atoms with Crippen molar-refractivity contribution < 1.29 is 14.3 Å². The number of para-hydroxylation sites is 1. The molecule has 3 rings (SSSR count). The number of methoxy groups -OCH3 is 1. The van der Waals surface area contributed by atoms with E-state index in [1.165, 1.54) is 0 Å². The summed E-state index contributed by atoms with van der Waals surface area (Å²) in [7, 11) is 3.61. The van der Waals surface area contributed by atoms with Crippen LogP contribution in [0.5, 0.6) is 5.75 Å². The highest BCUT2D eigenvalue weighted by molar-refractivity contribution is 7.99. The van der Waals surface area contributed by atoms with E-state index in [0.29, 0.717) is 31.9 Å². The van der Waals surface area contributed by atoms with Gasteiger partial charge in [0.15, 0.2) is 5.16 Å². The van der Waals surface area contributed by atoms with Crippen molar-refractivity contribution in [1.82, 2.24) is 20.1 Å². The molecule has 1 aromatic carbocycles. The maximum atomic E-state index is 12.1. The number of aryl methyl sites for hydroxylation is 1. The molecule has 0 aliphatic carbocycles. The number of carbonyl (C=O) groups excluding carboxylic acids is 1. The highest BCUT2D eigenvalue weighted by Gasteiger charge is 2.18. The number of nitrogens with zero attached hydrogens (tertiary/aromatic N) is 3. The molecule has 1 fully saturated rings. The second-order valence-electron chi connectivity index (χ2n) is 6.82. The van der Waals surface area contributed by atoms with Crippen LogP contribution >= 0.6 is 11.8 Å². The Hall–Kier alpha value is -2.06. The molecule has 1 N–H and O–H groups in total. The third-order valence-corrected chi connectivity index (χ3v) is 5.98. The van der Waals surface area contributed by atoms with E-state index in [2.05, 4.69) is 15.5 Å². The highest BCUT2D eigenvalue weighted by Crippen LogP contribution is 2.22. The molecular formula is C20H28N4O3S. The second-order valence-corrected chi connectivity index (χ2v) is 7.80. The number of aromatic nitrogens is 3. The van der Waals surface area contributed by atoms with Crippen LogP contribution in [0.4, 0.5) is 0 Å². The Balaban J connectivity index is 1.39. The van der Waals surface area contributed by atoms with E-state index in [1.807, 2.05) is 35.9 Å². The largest absolute Gasteiger partial charge is 0.496 e. The molecule has 28 heavy (non-hydrogen) atoms. The van der Waals surface area contributed by atoms with Gasteiger partial charge in [-0.1, -0.05) is 30.0 Å². The van der Waals surface area contributed by atoms with Crippen molar-refractivity contribution in [2.45, 2.75) is 43.4 Å². The number of benzene rings is 1. The summed E-state index contributed by atoms with van der Waals surface area (Å²) in [6.07, 6.45) is 4.34. The third kappa shape index (κ3) is 5.72. The SMILES string of the molecule is COc1ccccc1CCC(=O)NCCc1nnc(SC[C@@H]2CCCO2)n1C.